The van der Waals surface area contributed by atoms with E-state index >= 15 is 0 Å². The molecule has 5 heteroatoms. The van der Waals surface area contributed by atoms with E-state index in [4.69, 9.17) is 0 Å². The monoisotopic (exact) mass is 341 g/mol. The van der Waals surface area contributed by atoms with Crippen molar-refractivity contribution in [2.75, 3.05) is 10.0 Å². The van der Waals surface area contributed by atoms with Gasteiger partial charge in [-0.05, 0) is 24.3 Å². The highest BCUT2D eigenvalue weighted by Gasteiger charge is 2.33. The number of aliphatic hydroxyl groups excluding tert-OH is 1. The molecule has 0 radical (unpaired) electrons. The molecule has 0 saturated carbocycles. The molecule has 0 unspecified atom stereocenters. The molecule has 0 amide bonds. The lowest BCUT2D eigenvalue weighted by Crippen LogP contribution is -2.42. The Hall–Kier alpha value is -2.24. The van der Waals surface area contributed by atoms with E-state index in [1.807, 2.05) is 65.7 Å². The van der Waals surface area contributed by atoms with E-state index in [1.165, 1.54) is 0 Å². The fourth-order valence-corrected chi connectivity index (χ4v) is 3.11. The topological polar surface area (TPSA) is 38.7 Å². The minimum Gasteiger partial charge on any atom is -0.492 e. The molecule has 2 aromatic rings. The number of nitrogens with zero attached hydrogens (tertiary/aromatic N) is 2. The van der Waals surface area contributed by atoms with Gasteiger partial charge in [-0.2, -0.15) is 0 Å². The summed E-state index contributed by atoms with van der Waals surface area (Å²) in [5.74, 6) is 0.174. The maximum absolute atomic E-state index is 10.5. The van der Waals surface area contributed by atoms with Crippen LogP contribution >= 0.6 is 15.9 Å². The van der Waals surface area contributed by atoms with Crippen molar-refractivity contribution in [1.82, 2.24) is 5.53 Å². The van der Waals surface area contributed by atoms with E-state index < -0.39 is 0 Å². The molecule has 104 valence electrons. The van der Waals surface area contributed by atoms with Gasteiger partial charge in [-0.15, -0.1) is 5.53 Å². The van der Waals surface area contributed by atoms with Gasteiger partial charge in [0.2, 0.25) is 5.88 Å². The maximum Gasteiger partial charge on any atom is 0.234 e. The fourth-order valence-electron chi connectivity index (χ4n) is 2.55. The Morgan fingerprint density at radius 1 is 0.905 bits per heavy atom. The molecule has 0 aliphatic carbocycles. The van der Waals surface area contributed by atoms with Crippen LogP contribution in [0.5, 0.6) is 0 Å². The van der Waals surface area contributed by atoms with Crippen LogP contribution in [0.25, 0.3) is 4.48 Å². The van der Waals surface area contributed by atoms with Gasteiger partial charge in [0, 0.05) is 10.0 Å². The third-order valence-electron chi connectivity index (χ3n) is 3.56. The minimum atomic E-state index is 0.174. The number of halogens is 1. The van der Waals surface area contributed by atoms with Crippen molar-refractivity contribution in [3.63, 3.8) is 0 Å². The molecule has 4 nitrogen and oxygen atoms in total. The summed E-state index contributed by atoms with van der Waals surface area (Å²) >= 11 is 3.57. The number of anilines is 2. The number of benzene rings is 2. The number of aliphatic hydroxyl groups is 1. The van der Waals surface area contributed by atoms with Gasteiger partial charge < -0.3 is 5.11 Å². The highest BCUT2D eigenvalue weighted by atomic mass is 79.9. The second-order valence-electron chi connectivity index (χ2n) is 4.82. The second-order valence-corrected chi connectivity index (χ2v) is 5.68. The summed E-state index contributed by atoms with van der Waals surface area (Å²) < 4.78 is 0.951. The molecule has 0 spiro atoms. The van der Waals surface area contributed by atoms with Crippen molar-refractivity contribution in [3.8, 4) is 0 Å². The lowest BCUT2D eigenvalue weighted by atomic mass is 10.1. The zero-order valence-corrected chi connectivity index (χ0v) is 12.6. The van der Waals surface area contributed by atoms with Crippen LogP contribution in [0.15, 0.2) is 72.3 Å². The third-order valence-corrected chi connectivity index (χ3v) is 4.22. The molecule has 2 heterocycles. The summed E-state index contributed by atoms with van der Waals surface area (Å²) in [5, 5.41) is 14.1. The van der Waals surface area contributed by atoms with Crippen molar-refractivity contribution >= 4 is 31.8 Å². The SMILES string of the molecule is OC1=C2C=C(Br)c3ccccc3N2NN1c1ccccc1. The first-order valence-electron chi connectivity index (χ1n) is 6.57. The Labute approximate surface area is 130 Å². The molecule has 2 aliphatic heterocycles. The summed E-state index contributed by atoms with van der Waals surface area (Å²) in [6.07, 6.45) is 1.91. The Bertz CT molecular complexity index is 770. The molecule has 2 aliphatic rings. The summed E-state index contributed by atoms with van der Waals surface area (Å²) in [4.78, 5) is 0. The largest absolute Gasteiger partial charge is 0.492 e. The van der Waals surface area contributed by atoms with Crippen molar-refractivity contribution < 1.29 is 5.11 Å². The predicted molar refractivity (Wildman–Crippen MR) is 87.5 cm³/mol. The number of rotatable bonds is 1. The van der Waals surface area contributed by atoms with Crippen LogP contribution in [0.3, 0.4) is 0 Å². The number of hydrogen-bond donors (Lipinski definition) is 2. The van der Waals surface area contributed by atoms with Gasteiger partial charge in [-0.3, -0.25) is 5.01 Å². The van der Waals surface area contributed by atoms with Gasteiger partial charge in [-0.25, -0.2) is 5.01 Å². The quantitative estimate of drug-likeness (QED) is 0.824. The summed E-state index contributed by atoms with van der Waals surface area (Å²) in [6.45, 7) is 0. The van der Waals surface area contributed by atoms with Crippen molar-refractivity contribution in [2.45, 2.75) is 0 Å². The van der Waals surface area contributed by atoms with E-state index in [2.05, 4.69) is 21.5 Å². The number of hydrogen-bond acceptors (Lipinski definition) is 4. The molecule has 21 heavy (non-hydrogen) atoms. The minimum absolute atomic E-state index is 0.174. The molecule has 4 rings (SSSR count). The van der Waals surface area contributed by atoms with Gasteiger partial charge in [0.25, 0.3) is 0 Å². The molecule has 0 atom stereocenters. The van der Waals surface area contributed by atoms with Crippen molar-refractivity contribution in [2.24, 2.45) is 0 Å². The summed E-state index contributed by atoms with van der Waals surface area (Å²) in [7, 11) is 0. The molecular formula is C16H12BrN3O. The molecule has 2 aromatic carbocycles. The number of nitrogens with one attached hydrogen (secondary N) is 1. The first-order valence-corrected chi connectivity index (χ1v) is 7.36. The molecule has 0 saturated heterocycles. The summed E-state index contributed by atoms with van der Waals surface area (Å²) in [6, 6.07) is 17.7. The highest BCUT2D eigenvalue weighted by molar-refractivity contribution is 9.15. The Balaban J connectivity index is 1.84. The maximum atomic E-state index is 10.5. The van der Waals surface area contributed by atoms with Gasteiger partial charge in [0.15, 0.2) is 0 Å². The molecular weight excluding hydrogens is 330 g/mol. The third kappa shape index (κ3) is 1.86. The first kappa shape index (κ1) is 12.5. The van der Waals surface area contributed by atoms with Crippen LogP contribution in [0.4, 0.5) is 11.4 Å². The standard InChI is InChI=1S/C16H12BrN3O/c17-13-10-15-16(21)19(11-6-2-1-3-7-11)18-20(15)14-9-5-4-8-12(13)14/h1-10,18,21H. The average Bonchev–Trinajstić information content (AvgIpc) is 2.86. The molecule has 0 fully saturated rings. The lowest BCUT2D eigenvalue weighted by molar-refractivity contribution is 0.388. The number of para-hydroxylation sites is 2. The van der Waals surface area contributed by atoms with E-state index in [9.17, 15) is 5.11 Å². The zero-order valence-electron chi connectivity index (χ0n) is 11.0. The van der Waals surface area contributed by atoms with E-state index in [-0.39, 0.29) is 5.88 Å². The first-order chi connectivity index (χ1) is 10.3. The number of allylic oxidation sites excluding steroid dienone is 1. The van der Waals surface area contributed by atoms with Gasteiger partial charge in [-0.1, -0.05) is 52.3 Å². The van der Waals surface area contributed by atoms with Crippen LogP contribution in [0, 0.1) is 0 Å². The van der Waals surface area contributed by atoms with Crippen LogP contribution < -0.4 is 15.6 Å². The normalized spacial score (nSPS) is 16.7. The molecule has 0 aromatic heterocycles. The predicted octanol–water partition coefficient (Wildman–Crippen LogP) is 3.91. The van der Waals surface area contributed by atoms with Gasteiger partial charge in [0.05, 0.1) is 11.4 Å². The van der Waals surface area contributed by atoms with Crippen LogP contribution in [-0.4, -0.2) is 5.11 Å². The number of hydrazine groups is 2. The molecule has 0 bridgehead atoms. The Morgan fingerprint density at radius 3 is 2.43 bits per heavy atom. The second kappa shape index (κ2) is 4.65. The highest BCUT2D eigenvalue weighted by Crippen LogP contribution is 2.41. The lowest BCUT2D eigenvalue weighted by Gasteiger charge is -2.27. The van der Waals surface area contributed by atoms with Crippen LogP contribution in [0.2, 0.25) is 0 Å². The van der Waals surface area contributed by atoms with Crippen molar-refractivity contribution in [3.05, 3.63) is 77.8 Å². The Kier molecular flexibility index (Phi) is 2.77. The van der Waals surface area contributed by atoms with Crippen LogP contribution in [-0.2, 0) is 0 Å². The van der Waals surface area contributed by atoms with E-state index in [0.717, 1.165) is 21.4 Å². The number of fused-ring (bicyclic) bond motifs is 3. The van der Waals surface area contributed by atoms with Crippen molar-refractivity contribution in [1.29, 1.82) is 0 Å². The zero-order chi connectivity index (χ0) is 14.4. The smallest absolute Gasteiger partial charge is 0.234 e. The van der Waals surface area contributed by atoms with Crippen LogP contribution in [0.1, 0.15) is 5.56 Å². The molecule has 2 N–H and O–H groups in total. The van der Waals surface area contributed by atoms with Gasteiger partial charge >= 0.3 is 0 Å². The van der Waals surface area contributed by atoms with E-state index in [1.54, 1.807) is 5.01 Å². The van der Waals surface area contributed by atoms with E-state index in [0.29, 0.717) is 5.70 Å². The van der Waals surface area contributed by atoms with Gasteiger partial charge in [0.1, 0.15) is 5.70 Å². The summed E-state index contributed by atoms with van der Waals surface area (Å²) in [5.41, 5.74) is 6.87. The Morgan fingerprint density at radius 2 is 1.62 bits per heavy atom. The average molecular weight is 342 g/mol. The fraction of sp³-hybridized carbons (Fsp3) is 0.